The molecule has 0 amide bonds. The maximum Gasteiger partial charge on any atom is 0.274 e. The zero-order valence-electron chi connectivity index (χ0n) is 10.6. The monoisotopic (exact) mass is 221 g/mol. The van der Waals surface area contributed by atoms with Gasteiger partial charge in [-0.3, -0.25) is 0 Å². The highest BCUT2D eigenvalue weighted by molar-refractivity contribution is 6.49. The van der Waals surface area contributed by atoms with Crippen LogP contribution >= 0.6 is 0 Å². The van der Waals surface area contributed by atoms with Gasteiger partial charge in [-0.2, -0.15) is 0 Å². The smallest absolute Gasteiger partial charge is 0.274 e. The average Bonchev–Trinajstić information content (AvgIpc) is 2.05. The molecule has 1 nitrogen and oxygen atoms in total. The summed E-state index contributed by atoms with van der Waals surface area (Å²) >= 11 is 0. The minimum Gasteiger partial charge on any atom is -0.542 e. The Bertz CT molecular complexity index is 337. The molecule has 1 aromatic rings. The van der Waals surface area contributed by atoms with E-state index in [2.05, 4.69) is 59.0 Å². The minimum absolute atomic E-state index is 0.151. The maximum atomic E-state index is 5.93. The first-order valence-electron chi connectivity index (χ1n) is 5.40. The van der Waals surface area contributed by atoms with Crippen LogP contribution in [0.5, 0.6) is 5.75 Å². The van der Waals surface area contributed by atoms with Crippen molar-refractivity contribution in [3.63, 3.8) is 0 Å². The van der Waals surface area contributed by atoms with Gasteiger partial charge in [-0.15, -0.1) is 0 Å². The molecule has 0 aliphatic carbocycles. The normalized spacial score (nSPS) is 11.9. The summed E-state index contributed by atoms with van der Waals surface area (Å²) in [6.07, 6.45) is 0. The molecule has 0 saturated carbocycles. The summed E-state index contributed by atoms with van der Waals surface area (Å²) in [6, 6.07) is 6.46. The second kappa shape index (κ2) is 4.39. The summed E-state index contributed by atoms with van der Waals surface area (Å²) in [5.74, 6) is 1.06. The lowest BCUT2D eigenvalue weighted by Gasteiger charge is -2.24. The molecule has 0 bridgehead atoms. The zero-order chi connectivity index (χ0) is 11.6. The molecule has 0 spiro atoms. The van der Waals surface area contributed by atoms with Gasteiger partial charge in [-0.1, -0.05) is 38.5 Å². The number of hydrogen-bond donors (Lipinski definition) is 0. The molecule has 0 N–H and O–H groups in total. The van der Waals surface area contributed by atoms with Crippen LogP contribution in [0.3, 0.4) is 0 Å². The molecular formula is C13H21OSi. The standard InChI is InChI=1S/C13H21OSi/c1-10-7-8-12(14-15(5)6)11(9-10)13(2,3)4/h7-9H,1-6H3. The predicted molar refractivity (Wildman–Crippen MR) is 68.0 cm³/mol. The number of rotatable bonds is 2. The third-order valence-corrected chi connectivity index (χ3v) is 2.89. The Morgan fingerprint density at radius 2 is 1.73 bits per heavy atom. The van der Waals surface area contributed by atoms with Crippen molar-refractivity contribution in [2.24, 2.45) is 0 Å². The van der Waals surface area contributed by atoms with E-state index >= 15 is 0 Å². The molecule has 0 fully saturated rings. The average molecular weight is 221 g/mol. The fourth-order valence-electron chi connectivity index (χ4n) is 1.54. The van der Waals surface area contributed by atoms with E-state index in [4.69, 9.17) is 4.43 Å². The molecule has 1 radical (unpaired) electrons. The van der Waals surface area contributed by atoms with Crippen LogP contribution in [0.15, 0.2) is 18.2 Å². The van der Waals surface area contributed by atoms with E-state index in [1.807, 2.05) is 0 Å². The molecule has 0 heterocycles. The molecule has 0 atom stereocenters. The summed E-state index contributed by atoms with van der Waals surface area (Å²) in [5.41, 5.74) is 2.76. The summed E-state index contributed by atoms with van der Waals surface area (Å²) in [6.45, 7) is 13.1. The lowest BCUT2D eigenvalue weighted by atomic mass is 9.85. The third kappa shape index (κ3) is 3.38. The van der Waals surface area contributed by atoms with Gasteiger partial charge < -0.3 is 4.43 Å². The van der Waals surface area contributed by atoms with Crippen molar-refractivity contribution in [3.05, 3.63) is 29.3 Å². The van der Waals surface area contributed by atoms with E-state index in [-0.39, 0.29) is 5.41 Å². The lowest BCUT2D eigenvalue weighted by molar-refractivity contribution is 0.520. The molecule has 0 saturated heterocycles. The Labute approximate surface area is 95.2 Å². The summed E-state index contributed by atoms with van der Waals surface area (Å²) in [4.78, 5) is 0. The molecule has 0 unspecified atom stereocenters. The topological polar surface area (TPSA) is 9.23 Å². The van der Waals surface area contributed by atoms with Crippen molar-refractivity contribution in [1.82, 2.24) is 0 Å². The first-order chi connectivity index (χ1) is 6.80. The summed E-state index contributed by atoms with van der Waals surface area (Å²) in [7, 11) is -0.681. The molecule has 2 heteroatoms. The van der Waals surface area contributed by atoms with Gasteiger partial charge in [0.25, 0.3) is 9.04 Å². The fraction of sp³-hybridized carbons (Fsp3) is 0.538. The predicted octanol–water partition coefficient (Wildman–Crippen LogP) is 3.92. The van der Waals surface area contributed by atoms with Crippen LogP contribution < -0.4 is 4.43 Å². The molecule has 0 aromatic heterocycles. The maximum absolute atomic E-state index is 5.93. The molecule has 0 aliphatic heterocycles. The third-order valence-electron chi connectivity index (χ3n) is 2.26. The fourth-order valence-corrected chi connectivity index (χ4v) is 2.16. The summed E-state index contributed by atoms with van der Waals surface area (Å²) in [5, 5.41) is 0. The largest absolute Gasteiger partial charge is 0.542 e. The van der Waals surface area contributed by atoms with E-state index in [0.29, 0.717) is 0 Å². The highest BCUT2D eigenvalue weighted by Gasteiger charge is 2.19. The molecule has 1 rings (SSSR count). The molecule has 83 valence electrons. The highest BCUT2D eigenvalue weighted by Crippen LogP contribution is 2.32. The van der Waals surface area contributed by atoms with E-state index in [1.54, 1.807) is 0 Å². The molecule has 1 aromatic carbocycles. The SMILES string of the molecule is Cc1ccc(O[Si](C)C)c(C(C)(C)C)c1. The van der Waals surface area contributed by atoms with Crippen LogP contribution in [-0.2, 0) is 5.41 Å². The van der Waals surface area contributed by atoms with Gasteiger partial charge in [0.05, 0.1) is 0 Å². The van der Waals surface area contributed by atoms with Crippen molar-refractivity contribution in [2.45, 2.75) is 46.2 Å². The molecule has 15 heavy (non-hydrogen) atoms. The second-order valence-corrected chi connectivity index (χ2v) is 7.28. The van der Waals surface area contributed by atoms with Crippen molar-refractivity contribution in [3.8, 4) is 5.75 Å². The van der Waals surface area contributed by atoms with Crippen molar-refractivity contribution in [1.29, 1.82) is 0 Å². The van der Waals surface area contributed by atoms with Gasteiger partial charge in [0, 0.05) is 0 Å². The molecular weight excluding hydrogens is 200 g/mol. The number of aryl methyl sites for hydroxylation is 1. The summed E-state index contributed by atoms with van der Waals surface area (Å²) < 4.78 is 5.93. The van der Waals surface area contributed by atoms with Gasteiger partial charge in [0.2, 0.25) is 0 Å². The van der Waals surface area contributed by atoms with Crippen LogP contribution in [-0.4, -0.2) is 9.04 Å². The highest BCUT2D eigenvalue weighted by atomic mass is 28.3. The quantitative estimate of drug-likeness (QED) is 0.688. The zero-order valence-corrected chi connectivity index (χ0v) is 11.6. The van der Waals surface area contributed by atoms with Crippen molar-refractivity contribution < 1.29 is 4.43 Å². The Morgan fingerprint density at radius 1 is 1.13 bits per heavy atom. The van der Waals surface area contributed by atoms with E-state index in [9.17, 15) is 0 Å². The van der Waals surface area contributed by atoms with Gasteiger partial charge >= 0.3 is 0 Å². The van der Waals surface area contributed by atoms with Gasteiger partial charge in [-0.05, 0) is 37.1 Å². The number of benzene rings is 1. The van der Waals surface area contributed by atoms with Gasteiger partial charge in [-0.25, -0.2) is 0 Å². The van der Waals surface area contributed by atoms with E-state index < -0.39 is 9.04 Å². The lowest BCUT2D eigenvalue weighted by Crippen LogP contribution is -2.18. The van der Waals surface area contributed by atoms with Gasteiger partial charge in [0.15, 0.2) is 0 Å². The minimum atomic E-state index is -0.681. The van der Waals surface area contributed by atoms with E-state index in [1.165, 1.54) is 11.1 Å². The Morgan fingerprint density at radius 3 is 2.20 bits per heavy atom. The molecule has 0 aliphatic rings. The van der Waals surface area contributed by atoms with Crippen molar-refractivity contribution >= 4 is 9.04 Å². The van der Waals surface area contributed by atoms with Crippen LogP contribution in [0.2, 0.25) is 13.1 Å². The number of hydrogen-bond acceptors (Lipinski definition) is 1. The van der Waals surface area contributed by atoms with Crippen LogP contribution in [0.1, 0.15) is 31.9 Å². The first kappa shape index (κ1) is 12.3. The van der Waals surface area contributed by atoms with Crippen LogP contribution in [0, 0.1) is 6.92 Å². The Kier molecular flexibility index (Phi) is 3.61. The first-order valence-corrected chi connectivity index (χ1v) is 7.80. The Hall–Kier alpha value is -0.763. The Balaban J connectivity index is 3.15. The second-order valence-electron chi connectivity index (χ2n) is 5.26. The van der Waals surface area contributed by atoms with E-state index in [0.717, 1.165) is 5.75 Å². The van der Waals surface area contributed by atoms with Crippen molar-refractivity contribution in [2.75, 3.05) is 0 Å². The van der Waals surface area contributed by atoms with Gasteiger partial charge in [0.1, 0.15) is 5.75 Å². The van der Waals surface area contributed by atoms with Crippen LogP contribution in [0.25, 0.3) is 0 Å². The van der Waals surface area contributed by atoms with Crippen LogP contribution in [0.4, 0.5) is 0 Å².